The molecule has 0 aliphatic heterocycles. The summed E-state index contributed by atoms with van der Waals surface area (Å²) in [5, 5.41) is 3.56. The second-order valence-electron chi connectivity index (χ2n) is 9.23. The minimum Gasteiger partial charge on any atom is -0.353 e. The maximum Gasteiger partial charge on any atom is 0.322 e. The summed E-state index contributed by atoms with van der Waals surface area (Å²) in [6, 6.07) is 8.84. The zero-order chi connectivity index (χ0) is 24.0. The van der Waals surface area contributed by atoms with Gasteiger partial charge in [-0.2, -0.15) is 0 Å². The van der Waals surface area contributed by atoms with Gasteiger partial charge in [-0.25, -0.2) is 4.79 Å². The maximum absolute atomic E-state index is 13.5. The summed E-state index contributed by atoms with van der Waals surface area (Å²) >= 11 is 12.4. The Morgan fingerprint density at radius 1 is 1.12 bits per heavy atom. The molecule has 0 radical (unpaired) electrons. The monoisotopic (exact) mass is 492 g/mol. The van der Waals surface area contributed by atoms with Crippen LogP contribution in [0, 0.1) is 5.92 Å². The lowest BCUT2D eigenvalue weighted by atomic mass is 9.94. The van der Waals surface area contributed by atoms with Gasteiger partial charge in [0.25, 0.3) is 0 Å². The zero-order valence-corrected chi connectivity index (χ0v) is 21.2. The third-order valence-corrected chi connectivity index (χ3v) is 6.94. The Hall–Kier alpha value is -2.18. The first-order valence-electron chi connectivity index (χ1n) is 11.7. The van der Waals surface area contributed by atoms with E-state index in [9.17, 15) is 9.59 Å². The molecule has 6 nitrogen and oxygen atoms in total. The van der Waals surface area contributed by atoms with Gasteiger partial charge < -0.3 is 19.7 Å². The summed E-state index contributed by atoms with van der Waals surface area (Å²) < 4.78 is 2.02. The molecule has 0 bridgehead atoms. The number of carbonyl (C=O) groups excluding carboxylic acids is 2. The first-order chi connectivity index (χ1) is 15.8. The van der Waals surface area contributed by atoms with Gasteiger partial charge in [0.15, 0.2) is 0 Å². The highest BCUT2D eigenvalue weighted by Gasteiger charge is 2.30. The molecule has 1 N–H and O–H groups in total. The van der Waals surface area contributed by atoms with E-state index in [1.165, 1.54) is 0 Å². The highest BCUT2D eigenvalue weighted by molar-refractivity contribution is 6.43. The quantitative estimate of drug-likeness (QED) is 0.477. The van der Waals surface area contributed by atoms with E-state index in [0.29, 0.717) is 34.7 Å². The van der Waals surface area contributed by atoms with E-state index in [1.54, 1.807) is 23.1 Å². The van der Waals surface area contributed by atoms with E-state index in [-0.39, 0.29) is 24.5 Å². The van der Waals surface area contributed by atoms with Crippen molar-refractivity contribution in [2.24, 2.45) is 13.0 Å². The molecule has 1 aliphatic rings. The number of hydrogen-bond acceptors (Lipinski definition) is 2. The van der Waals surface area contributed by atoms with Crippen LogP contribution in [0.4, 0.5) is 10.5 Å². The number of nitrogens with zero attached hydrogens (tertiary/aromatic N) is 3. The molecule has 33 heavy (non-hydrogen) atoms. The summed E-state index contributed by atoms with van der Waals surface area (Å²) in [6.45, 7) is 5.37. The Labute approximate surface area is 206 Å². The van der Waals surface area contributed by atoms with Crippen LogP contribution in [0.3, 0.4) is 0 Å². The van der Waals surface area contributed by atoms with Gasteiger partial charge in [-0.05, 0) is 43.0 Å². The molecule has 1 saturated carbocycles. The van der Waals surface area contributed by atoms with Crippen molar-refractivity contribution in [2.75, 3.05) is 18.4 Å². The van der Waals surface area contributed by atoms with Crippen molar-refractivity contribution in [3.05, 3.63) is 52.3 Å². The topological polar surface area (TPSA) is 57.6 Å². The molecule has 0 saturated heterocycles. The number of urea groups is 1. The van der Waals surface area contributed by atoms with Crippen LogP contribution in [-0.4, -0.2) is 45.4 Å². The fourth-order valence-electron chi connectivity index (χ4n) is 4.34. The van der Waals surface area contributed by atoms with E-state index in [0.717, 1.165) is 37.8 Å². The van der Waals surface area contributed by atoms with Crippen LogP contribution >= 0.6 is 23.2 Å². The van der Waals surface area contributed by atoms with Crippen molar-refractivity contribution in [1.29, 1.82) is 0 Å². The first-order valence-corrected chi connectivity index (χ1v) is 12.4. The number of benzene rings is 1. The molecule has 2 aromatic rings. The molecule has 1 aromatic carbocycles. The highest BCUT2D eigenvalue weighted by Crippen LogP contribution is 2.30. The number of aromatic nitrogens is 1. The molecule has 1 fully saturated rings. The molecule has 3 amide bonds. The van der Waals surface area contributed by atoms with Gasteiger partial charge >= 0.3 is 6.03 Å². The predicted molar refractivity (Wildman–Crippen MR) is 135 cm³/mol. The van der Waals surface area contributed by atoms with E-state index in [4.69, 9.17) is 23.2 Å². The Bertz CT molecular complexity index is 954. The minimum atomic E-state index is -0.317. The van der Waals surface area contributed by atoms with Crippen LogP contribution in [0.15, 0.2) is 36.5 Å². The summed E-state index contributed by atoms with van der Waals surface area (Å²) in [7, 11) is 1.98. The lowest BCUT2D eigenvalue weighted by molar-refractivity contribution is -0.133. The van der Waals surface area contributed by atoms with E-state index in [2.05, 4.69) is 19.2 Å². The number of carbonyl (C=O) groups is 2. The largest absolute Gasteiger partial charge is 0.353 e. The summed E-state index contributed by atoms with van der Waals surface area (Å²) in [6.07, 6.45) is 7.04. The average molecular weight is 493 g/mol. The number of hydrogen-bond donors (Lipinski definition) is 1. The molecule has 180 valence electrons. The van der Waals surface area contributed by atoms with Gasteiger partial charge in [0, 0.05) is 31.5 Å². The molecule has 1 heterocycles. The smallest absolute Gasteiger partial charge is 0.322 e. The SMILES string of the molecule is CC(C)CN(Cc1cccn1C)C(=O)CN(C(=O)Nc1cccc(Cl)c1Cl)C1CCCCC1. The van der Waals surface area contributed by atoms with Crippen LogP contribution < -0.4 is 5.32 Å². The van der Waals surface area contributed by atoms with Crippen molar-refractivity contribution >= 4 is 40.8 Å². The molecule has 0 atom stereocenters. The van der Waals surface area contributed by atoms with Gasteiger partial charge in [0.1, 0.15) is 6.54 Å². The number of halogens is 2. The van der Waals surface area contributed by atoms with E-state index in [1.807, 2.05) is 34.8 Å². The van der Waals surface area contributed by atoms with Gasteiger partial charge in [-0.3, -0.25) is 4.79 Å². The number of rotatable bonds is 8. The normalized spacial score (nSPS) is 14.4. The van der Waals surface area contributed by atoms with E-state index >= 15 is 0 Å². The van der Waals surface area contributed by atoms with Crippen LogP contribution in [0.2, 0.25) is 10.0 Å². The van der Waals surface area contributed by atoms with Gasteiger partial charge in [-0.15, -0.1) is 0 Å². The number of anilines is 1. The molecule has 1 aromatic heterocycles. The standard InChI is InChI=1S/C25H34Cl2N4O2/c1-18(2)15-30(16-20-11-8-14-29(20)3)23(32)17-31(19-9-5-4-6-10-19)25(33)28-22-13-7-12-21(26)24(22)27/h7-8,11-14,18-19H,4-6,9-10,15-17H2,1-3H3,(H,28,33). The van der Waals surface area contributed by atoms with Crippen LogP contribution in [0.1, 0.15) is 51.6 Å². The Kier molecular flexibility index (Phi) is 9.10. The minimum absolute atomic E-state index is 0.0246. The molecule has 0 unspecified atom stereocenters. The van der Waals surface area contributed by atoms with Crippen LogP contribution in [0.25, 0.3) is 0 Å². The van der Waals surface area contributed by atoms with Crippen molar-refractivity contribution in [2.45, 2.75) is 58.5 Å². The second-order valence-corrected chi connectivity index (χ2v) is 10.0. The molecule has 3 rings (SSSR count). The van der Waals surface area contributed by atoms with Crippen molar-refractivity contribution in [1.82, 2.24) is 14.4 Å². The third kappa shape index (κ3) is 6.90. The number of nitrogens with one attached hydrogen (secondary N) is 1. The van der Waals surface area contributed by atoms with Gasteiger partial charge in [0.05, 0.1) is 22.3 Å². The van der Waals surface area contributed by atoms with E-state index < -0.39 is 0 Å². The Balaban J connectivity index is 1.80. The molecule has 0 spiro atoms. The van der Waals surface area contributed by atoms with Crippen LogP contribution in [-0.2, 0) is 18.4 Å². The summed E-state index contributed by atoms with van der Waals surface area (Å²) in [5.41, 5.74) is 1.51. The molecular formula is C25H34Cl2N4O2. The average Bonchev–Trinajstić information content (AvgIpc) is 3.19. The number of amides is 3. The molecular weight excluding hydrogens is 459 g/mol. The van der Waals surface area contributed by atoms with Crippen LogP contribution in [0.5, 0.6) is 0 Å². The van der Waals surface area contributed by atoms with Gasteiger partial charge in [-0.1, -0.05) is 62.4 Å². The lowest BCUT2D eigenvalue weighted by Crippen LogP contribution is -2.50. The highest BCUT2D eigenvalue weighted by atomic mass is 35.5. The predicted octanol–water partition coefficient (Wildman–Crippen LogP) is 6.18. The lowest BCUT2D eigenvalue weighted by Gasteiger charge is -2.36. The molecule has 1 aliphatic carbocycles. The summed E-state index contributed by atoms with van der Waals surface area (Å²) in [4.78, 5) is 30.4. The first kappa shape index (κ1) is 25.4. The van der Waals surface area contributed by atoms with Crippen molar-refractivity contribution < 1.29 is 9.59 Å². The fourth-order valence-corrected chi connectivity index (χ4v) is 4.69. The van der Waals surface area contributed by atoms with Crippen molar-refractivity contribution in [3.63, 3.8) is 0 Å². The van der Waals surface area contributed by atoms with Crippen molar-refractivity contribution in [3.8, 4) is 0 Å². The Morgan fingerprint density at radius 3 is 2.48 bits per heavy atom. The fraction of sp³-hybridized carbons (Fsp3) is 0.520. The Morgan fingerprint density at radius 2 is 1.85 bits per heavy atom. The summed E-state index contributed by atoms with van der Waals surface area (Å²) in [5.74, 6) is 0.263. The second kappa shape index (κ2) is 11.8. The number of aryl methyl sites for hydroxylation is 1. The maximum atomic E-state index is 13.5. The third-order valence-electron chi connectivity index (χ3n) is 6.12. The zero-order valence-electron chi connectivity index (χ0n) is 19.7. The van der Waals surface area contributed by atoms with Gasteiger partial charge in [0.2, 0.25) is 5.91 Å². The molecule has 8 heteroatoms.